The van der Waals surface area contributed by atoms with Crippen LogP contribution in [0.2, 0.25) is 0 Å². The molecule has 2 aromatic carbocycles. The fourth-order valence-electron chi connectivity index (χ4n) is 3.38. The number of hydrogen-bond acceptors (Lipinski definition) is 3. The number of aryl methyl sites for hydroxylation is 1. The third-order valence-corrected chi connectivity index (χ3v) is 4.95. The van der Waals surface area contributed by atoms with Crippen molar-refractivity contribution in [1.29, 1.82) is 0 Å². The number of piperazine rings is 1. The van der Waals surface area contributed by atoms with Gasteiger partial charge in [-0.25, -0.2) is 0 Å². The van der Waals surface area contributed by atoms with Crippen molar-refractivity contribution in [3.8, 4) is 0 Å². The summed E-state index contributed by atoms with van der Waals surface area (Å²) in [5.41, 5.74) is 2.56. The van der Waals surface area contributed by atoms with E-state index in [1.807, 2.05) is 30.3 Å². The molecular formula is C22H29N3O. The Labute approximate surface area is 156 Å². The van der Waals surface area contributed by atoms with Gasteiger partial charge in [0.1, 0.15) is 0 Å². The molecule has 0 radical (unpaired) electrons. The summed E-state index contributed by atoms with van der Waals surface area (Å²) >= 11 is 0. The van der Waals surface area contributed by atoms with Gasteiger partial charge in [0.2, 0.25) is 5.91 Å². The van der Waals surface area contributed by atoms with Crippen LogP contribution in [0.3, 0.4) is 0 Å². The summed E-state index contributed by atoms with van der Waals surface area (Å²) < 4.78 is 0. The first-order chi connectivity index (χ1) is 12.8. The predicted molar refractivity (Wildman–Crippen MR) is 106 cm³/mol. The Morgan fingerprint density at radius 2 is 1.38 bits per heavy atom. The van der Waals surface area contributed by atoms with Crippen molar-refractivity contribution in [3.05, 3.63) is 71.8 Å². The minimum atomic E-state index is 0.117. The maximum Gasteiger partial charge on any atom is 0.234 e. The Morgan fingerprint density at radius 1 is 0.808 bits per heavy atom. The molecule has 0 unspecified atom stereocenters. The summed E-state index contributed by atoms with van der Waals surface area (Å²) in [6.45, 7) is 6.32. The minimum Gasteiger partial charge on any atom is -0.351 e. The van der Waals surface area contributed by atoms with Crippen LogP contribution in [0.25, 0.3) is 0 Å². The minimum absolute atomic E-state index is 0.117. The lowest BCUT2D eigenvalue weighted by atomic mass is 10.1. The molecule has 1 aliphatic rings. The van der Waals surface area contributed by atoms with Crippen molar-refractivity contribution >= 4 is 5.91 Å². The van der Waals surface area contributed by atoms with E-state index in [9.17, 15) is 4.79 Å². The number of amides is 1. The van der Waals surface area contributed by atoms with E-state index in [-0.39, 0.29) is 5.91 Å². The highest BCUT2D eigenvalue weighted by Crippen LogP contribution is 2.06. The van der Waals surface area contributed by atoms with Gasteiger partial charge in [0.25, 0.3) is 0 Å². The highest BCUT2D eigenvalue weighted by Gasteiger charge is 2.18. The van der Waals surface area contributed by atoms with Crippen molar-refractivity contribution < 1.29 is 4.79 Å². The monoisotopic (exact) mass is 351 g/mol. The van der Waals surface area contributed by atoms with Gasteiger partial charge in [-0.3, -0.25) is 9.69 Å². The SMILES string of the molecule is O=C(CN1CCN(CCCc2ccccc2)CC1)NCc1ccccc1. The molecule has 0 atom stereocenters. The van der Waals surface area contributed by atoms with Gasteiger partial charge in [0.05, 0.1) is 6.54 Å². The van der Waals surface area contributed by atoms with E-state index >= 15 is 0 Å². The molecule has 1 fully saturated rings. The fourth-order valence-corrected chi connectivity index (χ4v) is 3.38. The Balaban J connectivity index is 1.29. The van der Waals surface area contributed by atoms with Gasteiger partial charge < -0.3 is 10.2 Å². The molecule has 1 heterocycles. The number of nitrogens with zero attached hydrogens (tertiary/aromatic N) is 2. The van der Waals surface area contributed by atoms with Crippen LogP contribution in [-0.2, 0) is 17.8 Å². The van der Waals surface area contributed by atoms with E-state index in [4.69, 9.17) is 0 Å². The topological polar surface area (TPSA) is 35.6 Å². The van der Waals surface area contributed by atoms with Gasteiger partial charge >= 0.3 is 0 Å². The molecule has 4 nitrogen and oxygen atoms in total. The lowest BCUT2D eigenvalue weighted by molar-refractivity contribution is -0.122. The van der Waals surface area contributed by atoms with E-state index in [0.717, 1.165) is 44.7 Å². The van der Waals surface area contributed by atoms with E-state index in [1.165, 1.54) is 12.0 Å². The zero-order valence-electron chi connectivity index (χ0n) is 15.4. The van der Waals surface area contributed by atoms with Crippen LogP contribution in [0.15, 0.2) is 60.7 Å². The van der Waals surface area contributed by atoms with Crippen LogP contribution in [-0.4, -0.2) is 55.0 Å². The molecule has 1 N–H and O–H groups in total. The molecule has 26 heavy (non-hydrogen) atoms. The van der Waals surface area contributed by atoms with Crippen molar-refractivity contribution in [2.45, 2.75) is 19.4 Å². The Kier molecular flexibility index (Phi) is 7.23. The van der Waals surface area contributed by atoms with Crippen molar-refractivity contribution in [2.75, 3.05) is 39.3 Å². The van der Waals surface area contributed by atoms with Gasteiger partial charge in [0.15, 0.2) is 0 Å². The lowest BCUT2D eigenvalue weighted by Crippen LogP contribution is -2.49. The zero-order valence-corrected chi connectivity index (χ0v) is 15.4. The van der Waals surface area contributed by atoms with Gasteiger partial charge in [-0.1, -0.05) is 60.7 Å². The molecule has 0 aliphatic carbocycles. The number of benzene rings is 2. The molecule has 0 saturated carbocycles. The molecule has 0 aromatic heterocycles. The highest BCUT2D eigenvalue weighted by atomic mass is 16.2. The highest BCUT2D eigenvalue weighted by molar-refractivity contribution is 5.78. The number of nitrogens with one attached hydrogen (secondary N) is 1. The van der Waals surface area contributed by atoms with Crippen molar-refractivity contribution in [2.24, 2.45) is 0 Å². The second-order valence-corrected chi connectivity index (χ2v) is 6.97. The summed E-state index contributed by atoms with van der Waals surface area (Å²) in [6.07, 6.45) is 2.34. The first-order valence-electron chi connectivity index (χ1n) is 9.59. The van der Waals surface area contributed by atoms with Crippen LogP contribution >= 0.6 is 0 Å². The summed E-state index contributed by atoms with van der Waals surface area (Å²) in [5, 5.41) is 3.02. The van der Waals surface area contributed by atoms with E-state index in [1.54, 1.807) is 0 Å². The Hall–Kier alpha value is -2.17. The number of carbonyl (C=O) groups is 1. The Morgan fingerprint density at radius 3 is 2.04 bits per heavy atom. The van der Waals surface area contributed by atoms with Crippen LogP contribution in [0.5, 0.6) is 0 Å². The predicted octanol–water partition coefficient (Wildman–Crippen LogP) is 2.55. The quantitative estimate of drug-likeness (QED) is 0.794. The second-order valence-electron chi connectivity index (χ2n) is 6.97. The third kappa shape index (κ3) is 6.28. The average molecular weight is 351 g/mol. The molecule has 3 rings (SSSR count). The van der Waals surface area contributed by atoms with Gasteiger partial charge in [-0.15, -0.1) is 0 Å². The average Bonchev–Trinajstić information content (AvgIpc) is 2.69. The maximum atomic E-state index is 12.1. The number of rotatable bonds is 8. The van der Waals surface area contributed by atoms with E-state index in [0.29, 0.717) is 13.1 Å². The second kappa shape index (κ2) is 10.1. The van der Waals surface area contributed by atoms with Crippen LogP contribution in [0.4, 0.5) is 0 Å². The smallest absolute Gasteiger partial charge is 0.234 e. The maximum absolute atomic E-state index is 12.1. The normalized spacial score (nSPS) is 15.7. The zero-order chi connectivity index (χ0) is 18.0. The van der Waals surface area contributed by atoms with Crippen LogP contribution in [0.1, 0.15) is 17.5 Å². The van der Waals surface area contributed by atoms with Crippen molar-refractivity contribution in [3.63, 3.8) is 0 Å². The molecule has 0 bridgehead atoms. The summed E-state index contributed by atoms with van der Waals surface area (Å²) in [6, 6.07) is 20.7. The van der Waals surface area contributed by atoms with Crippen LogP contribution in [0, 0.1) is 0 Å². The van der Waals surface area contributed by atoms with E-state index < -0.39 is 0 Å². The molecule has 1 saturated heterocycles. The van der Waals surface area contributed by atoms with Crippen molar-refractivity contribution in [1.82, 2.24) is 15.1 Å². The molecule has 4 heteroatoms. The molecule has 1 amide bonds. The molecule has 0 spiro atoms. The number of carbonyl (C=O) groups excluding carboxylic acids is 1. The number of hydrogen-bond donors (Lipinski definition) is 1. The lowest BCUT2D eigenvalue weighted by Gasteiger charge is -2.34. The van der Waals surface area contributed by atoms with Gasteiger partial charge in [-0.05, 0) is 30.5 Å². The molecule has 2 aromatic rings. The fraction of sp³-hybridized carbons (Fsp3) is 0.409. The first-order valence-corrected chi connectivity index (χ1v) is 9.59. The van der Waals surface area contributed by atoms with E-state index in [2.05, 4.69) is 45.4 Å². The summed E-state index contributed by atoms with van der Waals surface area (Å²) in [7, 11) is 0. The standard InChI is InChI=1S/C22H29N3O/c26-22(23-18-21-10-5-2-6-11-21)19-25-16-14-24(15-17-25)13-7-12-20-8-3-1-4-9-20/h1-6,8-11H,7,12-19H2,(H,23,26). The largest absolute Gasteiger partial charge is 0.351 e. The van der Waals surface area contributed by atoms with Crippen LogP contribution < -0.4 is 5.32 Å². The molecular weight excluding hydrogens is 322 g/mol. The molecule has 138 valence electrons. The summed E-state index contributed by atoms with van der Waals surface area (Å²) in [5.74, 6) is 0.117. The molecule has 1 aliphatic heterocycles. The third-order valence-electron chi connectivity index (χ3n) is 4.95. The summed E-state index contributed by atoms with van der Waals surface area (Å²) in [4.78, 5) is 16.9. The van der Waals surface area contributed by atoms with Gasteiger partial charge in [0, 0.05) is 32.7 Å². The Bertz CT molecular complexity index is 652. The first kappa shape index (κ1) is 18.6. The van der Waals surface area contributed by atoms with Gasteiger partial charge in [-0.2, -0.15) is 0 Å².